The summed E-state index contributed by atoms with van der Waals surface area (Å²) in [6.45, 7) is 7.31. The van der Waals surface area contributed by atoms with Gasteiger partial charge < -0.3 is 5.32 Å². The van der Waals surface area contributed by atoms with Crippen LogP contribution in [0.1, 0.15) is 38.8 Å². The largest absolute Gasteiger partial charge is 0.314 e. The summed E-state index contributed by atoms with van der Waals surface area (Å²) in [7, 11) is 0. The molecule has 1 N–H and O–H groups in total. The lowest BCUT2D eigenvalue weighted by Crippen LogP contribution is -2.33. The maximum Gasteiger partial charge on any atom is 0.141 e. The van der Waals surface area contributed by atoms with Gasteiger partial charge in [-0.2, -0.15) is 0 Å². The van der Waals surface area contributed by atoms with Crippen molar-refractivity contribution in [2.45, 2.75) is 39.2 Å². The Morgan fingerprint density at radius 2 is 2.13 bits per heavy atom. The predicted molar refractivity (Wildman–Crippen MR) is 60.4 cm³/mol. The SMILES string of the molecule is CCNC(CC)C(C)c1ccc(F)cn1. The van der Waals surface area contributed by atoms with Crippen molar-refractivity contribution in [1.82, 2.24) is 10.3 Å². The molecule has 0 amide bonds. The summed E-state index contributed by atoms with van der Waals surface area (Å²) in [4.78, 5) is 4.11. The van der Waals surface area contributed by atoms with E-state index in [-0.39, 0.29) is 5.82 Å². The highest BCUT2D eigenvalue weighted by atomic mass is 19.1. The average Bonchev–Trinajstić information content (AvgIpc) is 2.26. The van der Waals surface area contributed by atoms with E-state index < -0.39 is 0 Å². The number of hydrogen-bond acceptors (Lipinski definition) is 2. The first-order valence-electron chi connectivity index (χ1n) is 5.53. The lowest BCUT2D eigenvalue weighted by Gasteiger charge is -2.22. The molecule has 0 aliphatic heterocycles. The van der Waals surface area contributed by atoms with Gasteiger partial charge in [0, 0.05) is 17.7 Å². The molecule has 1 rings (SSSR count). The Balaban J connectivity index is 2.73. The molecule has 0 saturated heterocycles. The number of likely N-dealkylation sites (N-methyl/N-ethyl adjacent to an activating group) is 1. The number of halogens is 1. The number of hydrogen-bond donors (Lipinski definition) is 1. The van der Waals surface area contributed by atoms with Crippen molar-refractivity contribution >= 4 is 0 Å². The van der Waals surface area contributed by atoms with Crippen LogP contribution in [0.25, 0.3) is 0 Å². The molecule has 3 heteroatoms. The Labute approximate surface area is 90.9 Å². The maximum absolute atomic E-state index is 12.7. The predicted octanol–water partition coefficient (Wildman–Crippen LogP) is 2.71. The van der Waals surface area contributed by atoms with Crippen molar-refractivity contribution in [3.63, 3.8) is 0 Å². The summed E-state index contributed by atoms with van der Waals surface area (Å²) < 4.78 is 12.7. The van der Waals surface area contributed by atoms with Crippen LogP contribution >= 0.6 is 0 Å². The second-order valence-corrected chi connectivity index (χ2v) is 3.76. The van der Waals surface area contributed by atoms with Gasteiger partial charge in [0.2, 0.25) is 0 Å². The van der Waals surface area contributed by atoms with Crippen LogP contribution in [0.5, 0.6) is 0 Å². The third kappa shape index (κ3) is 3.27. The highest BCUT2D eigenvalue weighted by Gasteiger charge is 2.16. The fraction of sp³-hybridized carbons (Fsp3) is 0.583. The highest BCUT2D eigenvalue weighted by molar-refractivity contribution is 5.11. The number of nitrogens with one attached hydrogen (secondary N) is 1. The molecule has 0 aliphatic rings. The molecule has 1 aromatic rings. The minimum atomic E-state index is -0.276. The smallest absolute Gasteiger partial charge is 0.141 e. The van der Waals surface area contributed by atoms with E-state index in [0.717, 1.165) is 18.7 Å². The zero-order valence-corrected chi connectivity index (χ0v) is 9.63. The Kier molecular flexibility index (Phi) is 4.69. The second-order valence-electron chi connectivity index (χ2n) is 3.76. The van der Waals surface area contributed by atoms with Crippen LogP contribution in [0.2, 0.25) is 0 Å². The number of pyridine rings is 1. The van der Waals surface area contributed by atoms with E-state index in [1.54, 1.807) is 6.07 Å². The molecule has 0 bridgehead atoms. The normalized spacial score (nSPS) is 14.9. The summed E-state index contributed by atoms with van der Waals surface area (Å²) in [6.07, 6.45) is 2.33. The quantitative estimate of drug-likeness (QED) is 0.808. The molecule has 0 fully saturated rings. The lowest BCUT2D eigenvalue weighted by molar-refractivity contribution is 0.441. The molecule has 1 aromatic heterocycles. The average molecular weight is 210 g/mol. The molecule has 15 heavy (non-hydrogen) atoms. The summed E-state index contributed by atoms with van der Waals surface area (Å²) in [6, 6.07) is 3.64. The monoisotopic (exact) mass is 210 g/mol. The third-order valence-corrected chi connectivity index (χ3v) is 2.73. The van der Waals surface area contributed by atoms with Gasteiger partial charge in [0.25, 0.3) is 0 Å². The zero-order chi connectivity index (χ0) is 11.3. The maximum atomic E-state index is 12.7. The van der Waals surface area contributed by atoms with Gasteiger partial charge in [-0.1, -0.05) is 20.8 Å². The molecule has 2 unspecified atom stereocenters. The second kappa shape index (κ2) is 5.81. The first-order valence-corrected chi connectivity index (χ1v) is 5.53. The van der Waals surface area contributed by atoms with Crippen LogP contribution in [0.4, 0.5) is 4.39 Å². The van der Waals surface area contributed by atoms with Crippen LogP contribution in [0.3, 0.4) is 0 Å². The molecular weight excluding hydrogens is 191 g/mol. The van der Waals surface area contributed by atoms with Gasteiger partial charge in [0.15, 0.2) is 0 Å². The molecule has 0 spiro atoms. The van der Waals surface area contributed by atoms with E-state index in [1.807, 2.05) is 0 Å². The number of aromatic nitrogens is 1. The summed E-state index contributed by atoms with van der Waals surface area (Å²) in [5, 5.41) is 3.41. The molecule has 0 aliphatic carbocycles. The van der Waals surface area contributed by atoms with E-state index in [4.69, 9.17) is 0 Å². The van der Waals surface area contributed by atoms with Gasteiger partial charge in [-0.05, 0) is 25.1 Å². The Bertz CT molecular complexity index is 284. The fourth-order valence-corrected chi connectivity index (χ4v) is 1.80. The lowest BCUT2D eigenvalue weighted by atomic mass is 9.95. The summed E-state index contributed by atoms with van der Waals surface area (Å²) >= 11 is 0. The van der Waals surface area contributed by atoms with Crippen molar-refractivity contribution in [3.8, 4) is 0 Å². The summed E-state index contributed by atoms with van der Waals surface area (Å²) in [5.41, 5.74) is 0.948. The highest BCUT2D eigenvalue weighted by Crippen LogP contribution is 2.19. The van der Waals surface area contributed by atoms with Crippen LogP contribution in [0.15, 0.2) is 18.3 Å². The first kappa shape index (κ1) is 12.1. The van der Waals surface area contributed by atoms with E-state index >= 15 is 0 Å². The zero-order valence-electron chi connectivity index (χ0n) is 9.63. The van der Waals surface area contributed by atoms with E-state index in [2.05, 4.69) is 31.1 Å². The van der Waals surface area contributed by atoms with Crippen LogP contribution in [-0.4, -0.2) is 17.6 Å². The number of nitrogens with zero attached hydrogens (tertiary/aromatic N) is 1. The molecule has 0 aromatic carbocycles. The Morgan fingerprint density at radius 3 is 2.60 bits per heavy atom. The van der Waals surface area contributed by atoms with E-state index in [1.165, 1.54) is 12.3 Å². The van der Waals surface area contributed by atoms with Crippen LogP contribution in [0, 0.1) is 5.82 Å². The van der Waals surface area contributed by atoms with Crippen molar-refractivity contribution in [3.05, 3.63) is 29.8 Å². The summed E-state index contributed by atoms with van der Waals surface area (Å²) in [5.74, 6) is 0.0398. The van der Waals surface area contributed by atoms with Gasteiger partial charge in [0.05, 0.1) is 6.20 Å². The molecule has 1 heterocycles. The molecule has 2 nitrogen and oxygen atoms in total. The first-order chi connectivity index (χ1) is 7.19. The van der Waals surface area contributed by atoms with Crippen molar-refractivity contribution in [2.75, 3.05) is 6.54 Å². The molecular formula is C12H19FN2. The number of rotatable bonds is 5. The molecule has 84 valence electrons. The Hall–Kier alpha value is -0.960. The van der Waals surface area contributed by atoms with Crippen LogP contribution in [-0.2, 0) is 0 Å². The van der Waals surface area contributed by atoms with E-state index in [9.17, 15) is 4.39 Å². The van der Waals surface area contributed by atoms with Gasteiger partial charge in [-0.3, -0.25) is 4.98 Å². The van der Waals surface area contributed by atoms with Crippen LogP contribution < -0.4 is 5.32 Å². The van der Waals surface area contributed by atoms with Gasteiger partial charge in [-0.15, -0.1) is 0 Å². The third-order valence-electron chi connectivity index (χ3n) is 2.73. The molecule has 0 saturated carbocycles. The minimum absolute atomic E-state index is 0.276. The molecule has 2 atom stereocenters. The van der Waals surface area contributed by atoms with Gasteiger partial charge in [0.1, 0.15) is 5.82 Å². The van der Waals surface area contributed by atoms with E-state index in [0.29, 0.717) is 12.0 Å². The topological polar surface area (TPSA) is 24.9 Å². The van der Waals surface area contributed by atoms with Crippen molar-refractivity contribution in [2.24, 2.45) is 0 Å². The van der Waals surface area contributed by atoms with Crippen molar-refractivity contribution in [1.29, 1.82) is 0 Å². The van der Waals surface area contributed by atoms with Gasteiger partial charge in [-0.25, -0.2) is 4.39 Å². The fourth-order valence-electron chi connectivity index (χ4n) is 1.80. The minimum Gasteiger partial charge on any atom is -0.314 e. The Morgan fingerprint density at radius 1 is 1.40 bits per heavy atom. The molecule has 0 radical (unpaired) electrons. The standard InChI is InChI=1S/C12H19FN2/c1-4-11(14-5-2)9(3)12-7-6-10(13)8-15-12/h6-9,11,14H,4-5H2,1-3H3. The van der Waals surface area contributed by atoms with Gasteiger partial charge >= 0.3 is 0 Å². The van der Waals surface area contributed by atoms with Crippen molar-refractivity contribution < 1.29 is 4.39 Å².